The first-order chi connectivity index (χ1) is 7.86. The van der Waals surface area contributed by atoms with Crippen molar-refractivity contribution >= 4 is 15.7 Å². The standard InChI is InChI=1S/C10H15FN2O3S/c1-7(4-5-14)13-17(15,16)10-6-8(12)2-3-9(10)11/h2-3,6-7,13-14H,4-5,12H2,1H3. The van der Waals surface area contributed by atoms with Gasteiger partial charge in [-0.2, -0.15) is 0 Å². The van der Waals surface area contributed by atoms with Crippen LogP contribution in [0.15, 0.2) is 23.1 Å². The van der Waals surface area contributed by atoms with E-state index in [1.807, 2.05) is 0 Å². The second-order valence-corrected chi connectivity index (χ2v) is 5.41. The van der Waals surface area contributed by atoms with E-state index in [4.69, 9.17) is 10.8 Å². The molecule has 1 aromatic carbocycles. The summed E-state index contributed by atoms with van der Waals surface area (Å²) >= 11 is 0. The second-order valence-electron chi connectivity index (χ2n) is 3.72. The molecule has 0 heterocycles. The van der Waals surface area contributed by atoms with Crippen molar-refractivity contribution in [1.82, 2.24) is 4.72 Å². The van der Waals surface area contributed by atoms with Gasteiger partial charge in [-0.15, -0.1) is 0 Å². The first kappa shape index (κ1) is 13.9. The highest BCUT2D eigenvalue weighted by Crippen LogP contribution is 2.17. The summed E-state index contributed by atoms with van der Waals surface area (Å²) in [5.74, 6) is -0.858. The zero-order valence-corrected chi connectivity index (χ0v) is 10.2. The third-order valence-corrected chi connectivity index (χ3v) is 3.77. The number of rotatable bonds is 5. The number of aliphatic hydroxyl groups is 1. The summed E-state index contributed by atoms with van der Waals surface area (Å²) in [6.07, 6.45) is 0.253. The van der Waals surface area contributed by atoms with Gasteiger partial charge in [-0.3, -0.25) is 0 Å². The van der Waals surface area contributed by atoms with Gasteiger partial charge >= 0.3 is 0 Å². The molecule has 0 aromatic heterocycles. The number of anilines is 1. The predicted molar refractivity (Wildman–Crippen MR) is 62.3 cm³/mol. The van der Waals surface area contributed by atoms with Crippen molar-refractivity contribution in [3.63, 3.8) is 0 Å². The number of nitrogen functional groups attached to an aromatic ring is 1. The van der Waals surface area contributed by atoms with Gasteiger partial charge < -0.3 is 10.8 Å². The minimum absolute atomic E-state index is 0.150. The summed E-state index contributed by atoms with van der Waals surface area (Å²) in [7, 11) is -3.95. The topological polar surface area (TPSA) is 92.4 Å². The third kappa shape index (κ3) is 3.65. The van der Waals surface area contributed by atoms with Gasteiger partial charge in [0.25, 0.3) is 0 Å². The lowest BCUT2D eigenvalue weighted by atomic mass is 10.3. The van der Waals surface area contributed by atoms with Gasteiger partial charge in [0.1, 0.15) is 10.7 Å². The van der Waals surface area contributed by atoms with Gasteiger partial charge in [-0.25, -0.2) is 17.5 Å². The van der Waals surface area contributed by atoms with Crippen LogP contribution in [0.2, 0.25) is 0 Å². The first-order valence-electron chi connectivity index (χ1n) is 5.05. The van der Waals surface area contributed by atoms with E-state index < -0.39 is 26.8 Å². The van der Waals surface area contributed by atoms with Gasteiger partial charge in [0.15, 0.2) is 0 Å². The van der Waals surface area contributed by atoms with Crippen LogP contribution in [-0.2, 0) is 10.0 Å². The van der Waals surface area contributed by atoms with Gasteiger partial charge in [0, 0.05) is 18.3 Å². The number of sulfonamides is 1. The molecule has 0 amide bonds. The molecule has 0 aliphatic rings. The molecule has 0 spiro atoms. The molecular weight excluding hydrogens is 247 g/mol. The number of hydrogen-bond acceptors (Lipinski definition) is 4. The highest BCUT2D eigenvalue weighted by molar-refractivity contribution is 7.89. The first-order valence-corrected chi connectivity index (χ1v) is 6.53. The molecule has 5 nitrogen and oxygen atoms in total. The Balaban J connectivity index is 3.01. The monoisotopic (exact) mass is 262 g/mol. The van der Waals surface area contributed by atoms with Crippen molar-refractivity contribution in [3.8, 4) is 0 Å². The van der Waals surface area contributed by atoms with Gasteiger partial charge in [-0.05, 0) is 31.5 Å². The average Bonchev–Trinajstić information content (AvgIpc) is 2.21. The van der Waals surface area contributed by atoms with E-state index in [2.05, 4.69) is 4.72 Å². The molecule has 0 saturated carbocycles. The maximum absolute atomic E-state index is 13.4. The molecule has 0 aliphatic carbocycles. The molecule has 17 heavy (non-hydrogen) atoms. The Morgan fingerprint density at radius 3 is 2.76 bits per heavy atom. The Morgan fingerprint density at radius 1 is 1.53 bits per heavy atom. The molecule has 4 N–H and O–H groups in total. The van der Waals surface area contributed by atoms with Crippen LogP contribution in [0.5, 0.6) is 0 Å². The molecular formula is C10H15FN2O3S. The number of halogens is 1. The van der Waals surface area contributed by atoms with E-state index in [0.29, 0.717) is 0 Å². The van der Waals surface area contributed by atoms with Crippen molar-refractivity contribution < 1.29 is 17.9 Å². The van der Waals surface area contributed by atoms with E-state index in [-0.39, 0.29) is 18.7 Å². The van der Waals surface area contributed by atoms with Gasteiger partial charge in [0.2, 0.25) is 10.0 Å². The number of nitrogens with one attached hydrogen (secondary N) is 1. The van der Waals surface area contributed by atoms with Crippen LogP contribution >= 0.6 is 0 Å². The van der Waals surface area contributed by atoms with Crippen LogP contribution in [0.3, 0.4) is 0 Å². The number of aliphatic hydroxyl groups excluding tert-OH is 1. The average molecular weight is 262 g/mol. The molecule has 0 fully saturated rings. The second kappa shape index (κ2) is 5.44. The zero-order valence-electron chi connectivity index (χ0n) is 9.35. The lowest BCUT2D eigenvalue weighted by Crippen LogP contribution is -2.33. The number of nitrogens with two attached hydrogens (primary N) is 1. The fourth-order valence-corrected chi connectivity index (χ4v) is 2.70. The van der Waals surface area contributed by atoms with Crippen LogP contribution < -0.4 is 10.5 Å². The zero-order chi connectivity index (χ0) is 13.1. The molecule has 1 rings (SSSR count). The third-order valence-electron chi connectivity index (χ3n) is 2.16. The molecule has 96 valence electrons. The van der Waals surface area contributed by atoms with Crippen molar-refractivity contribution in [1.29, 1.82) is 0 Å². The Labute approximate surface area is 99.5 Å². The summed E-state index contributed by atoms with van der Waals surface area (Å²) in [6, 6.07) is 2.86. The summed E-state index contributed by atoms with van der Waals surface area (Å²) in [4.78, 5) is -0.484. The SMILES string of the molecule is CC(CCO)NS(=O)(=O)c1cc(N)ccc1F. The quantitative estimate of drug-likeness (QED) is 0.672. The van der Waals surface area contributed by atoms with Crippen molar-refractivity contribution in [3.05, 3.63) is 24.0 Å². The maximum Gasteiger partial charge on any atom is 0.243 e. The Bertz CT molecular complexity index is 490. The molecule has 1 unspecified atom stereocenters. The summed E-state index contributed by atoms with van der Waals surface area (Å²) in [5, 5.41) is 8.67. The summed E-state index contributed by atoms with van der Waals surface area (Å²) in [5.41, 5.74) is 5.58. The van der Waals surface area contributed by atoms with Crippen molar-refractivity contribution in [2.45, 2.75) is 24.3 Å². The van der Waals surface area contributed by atoms with Crippen LogP contribution in [0.1, 0.15) is 13.3 Å². The minimum atomic E-state index is -3.95. The van der Waals surface area contributed by atoms with E-state index in [1.165, 1.54) is 6.07 Å². The number of hydrogen-bond donors (Lipinski definition) is 3. The van der Waals surface area contributed by atoms with Crippen LogP contribution in [0.25, 0.3) is 0 Å². The van der Waals surface area contributed by atoms with E-state index in [1.54, 1.807) is 6.92 Å². The summed E-state index contributed by atoms with van der Waals surface area (Å²) in [6.45, 7) is 1.43. The molecule has 0 aliphatic heterocycles. The van der Waals surface area contributed by atoms with Crippen molar-refractivity contribution in [2.75, 3.05) is 12.3 Å². The lowest BCUT2D eigenvalue weighted by molar-refractivity contribution is 0.275. The Kier molecular flexibility index (Phi) is 4.44. The van der Waals surface area contributed by atoms with Crippen LogP contribution in [0, 0.1) is 5.82 Å². The molecule has 1 atom stereocenters. The van der Waals surface area contributed by atoms with Crippen LogP contribution in [-0.4, -0.2) is 26.2 Å². The van der Waals surface area contributed by atoms with E-state index in [9.17, 15) is 12.8 Å². The predicted octanol–water partition coefficient (Wildman–Crippen LogP) is 0.457. The van der Waals surface area contributed by atoms with Gasteiger partial charge in [0.05, 0.1) is 0 Å². The smallest absolute Gasteiger partial charge is 0.243 e. The Hall–Kier alpha value is -1.18. The molecule has 7 heteroatoms. The largest absolute Gasteiger partial charge is 0.399 e. The van der Waals surface area contributed by atoms with E-state index >= 15 is 0 Å². The minimum Gasteiger partial charge on any atom is -0.399 e. The Morgan fingerprint density at radius 2 is 2.18 bits per heavy atom. The number of benzene rings is 1. The molecule has 0 saturated heterocycles. The lowest BCUT2D eigenvalue weighted by Gasteiger charge is -2.13. The molecule has 0 bridgehead atoms. The van der Waals surface area contributed by atoms with E-state index in [0.717, 1.165) is 12.1 Å². The highest BCUT2D eigenvalue weighted by Gasteiger charge is 2.21. The molecule has 1 aromatic rings. The molecule has 0 radical (unpaired) electrons. The summed E-state index contributed by atoms with van der Waals surface area (Å²) < 4.78 is 39.2. The fraction of sp³-hybridized carbons (Fsp3) is 0.400. The maximum atomic E-state index is 13.4. The van der Waals surface area contributed by atoms with Gasteiger partial charge in [-0.1, -0.05) is 0 Å². The van der Waals surface area contributed by atoms with Crippen LogP contribution in [0.4, 0.5) is 10.1 Å². The normalized spacial score (nSPS) is 13.6. The van der Waals surface area contributed by atoms with Crippen molar-refractivity contribution in [2.24, 2.45) is 0 Å². The highest BCUT2D eigenvalue weighted by atomic mass is 32.2. The fourth-order valence-electron chi connectivity index (χ4n) is 1.31.